The molecular weight excluding hydrogens is 408 g/mol. The highest BCUT2D eigenvalue weighted by Gasteiger charge is 2.27. The van der Waals surface area contributed by atoms with Gasteiger partial charge in [0.1, 0.15) is 6.17 Å². The summed E-state index contributed by atoms with van der Waals surface area (Å²) < 4.78 is 28.9. The van der Waals surface area contributed by atoms with Crippen LogP contribution in [-0.2, 0) is 0 Å². The third kappa shape index (κ3) is 4.88. The predicted octanol–water partition coefficient (Wildman–Crippen LogP) is 2.17. The molecule has 166 valence electrons. The summed E-state index contributed by atoms with van der Waals surface area (Å²) >= 11 is 0. The number of pyridine rings is 1. The number of hydrogen-bond donors (Lipinski definition) is 4. The van der Waals surface area contributed by atoms with Crippen LogP contribution in [0, 0.1) is 5.82 Å². The van der Waals surface area contributed by atoms with Crippen LogP contribution >= 0.6 is 0 Å². The Labute approximate surface area is 177 Å². The summed E-state index contributed by atoms with van der Waals surface area (Å²) in [5.74, 6) is -1.50. The van der Waals surface area contributed by atoms with Crippen molar-refractivity contribution in [3.63, 3.8) is 0 Å². The van der Waals surface area contributed by atoms with Crippen LogP contribution in [0.5, 0.6) is 0 Å². The number of aliphatic hydroxyl groups is 1. The van der Waals surface area contributed by atoms with Gasteiger partial charge in [0.05, 0.1) is 47.0 Å². The number of rotatable bonds is 7. The number of nitrogens with zero attached hydrogens (tertiary/aromatic N) is 4. The lowest BCUT2D eigenvalue weighted by Gasteiger charge is -2.23. The highest BCUT2D eigenvalue weighted by atomic mass is 19.1. The zero-order chi connectivity index (χ0) is 22.9. The molecule has 0 aliphatic heterocycles. The number of nitrogens with two attached hydrogens (primary N) is 1. The predicted molar refractivity (Wildman–Crippen MR) is 113 cm³/mol. The molecule has 11 heteroatoms. The molecule has 9 nitrogen and oxygen atoms in total. The summed E-state index contributed by atoms with van der Waals surface area (Å²) in [4.78, 5) is 21.0. The Kier molecular flexibility index (Phi) is 6.07. The van der Waals surface area contributed by atoms with Gasteiger partial charge in [-0.15, -0.1) is 0 Å². The average molecular weight is 433 g/mol. The van der Waals surface area contributed by atoms with Crippen LogP contribution in [0.3, 0.4) is 0 Å². The van der Waals surface area contributed by atoms with Gasteiger partial charge in [-0.2, -0.15) is 5.10 Å². The zero-order valence-corrected chi connectivity index (χ0v) is 17.6. The number of carbonyl (C=O) groups is 1. The van der Waals surface area contributed by atoms with Crippen LogP contribution in [0.25, 0.3) is 16.9 Å². The summed E-state index contributed by atoms with van der Waals surface area (Å²) in [5, 5.41) is 19.4. The molecule has 3 aromatic rings. The van der Waals surface area contributed by atoms with E-state index in [1.165, 1.54) is 30.8 Å². The van der Waals surface area contributed by atoms with Crippen molar-refractivity contribution >= 4 is 23.1 Å². The van der Waals surface area contributed by atoms with E-state index in [0.29, 0.717) is 22.6 Å². The van der Waals surface area contributed by atoms with Crippen molar-refractivity contribution in [3.8, 4) is 11.3 Å². The zero-order valence-electron chi connectivity index (χ0n) is 17.6. The lowest BCUT2D eigenvalue weighted by Crippen LogP contribution is -2.42. The first kappa shape index (κ1) is 22.3. The monoisotopic (exact) mass is 433 g/mol. The van der Waals surface area contributed by atoms with Crippen LogP contribution < -0.4 is 16.4 Å². The molecule has 0 fully saturated rings. The first-order valence-electron chi connectivity index (χ1n) is 9.68. The largest absolute Gasteiger partial charge is 0.387 e. The number of anilines is 2. The van der Waals surface area contributed by atoms with Crippen molar-refractivity contribution < 1.29 is 18.7 Å². The van der Waals surface area contributed by atoms with E-state index < -0.39 is 23.5 Å². The standard InChI is InChI=1S/C20H25F2N7O2/c1-10(2)27-15-5-14(11-7-26-29-9-13(21)17(23)28-18(11)29)24-6-12(15)19(30)25-8-16(22)20(3,4)31/h5-7,9-10,16,31H,8H2,1-4H3,(H2,23,28)(H,24,27)(H,25,30). The van der Waals surface area contributed by atoms with Gasteiger partial charge in [-0.25, -0.2) is 18.3 Å². The minimum atomic E-state index is -1.64. The normalized spacial score (nSPS) is 12.9. The second-order valence-electron chi connectivity index (χ2n) is 8.05. The second kappa shape index (κ2) is 8.42. The number of nitrogen functional groups attached to an aromatic ring is 1. The van der Waals surface area contributed by atoms with Gasteiger partial charge in [0.2, 0.25) is 0 Å². The quantitative estimate of drug-likeness (QED) is 0.449. The van der Waals surface area contributed by atoms with Crippen molar-refractivity contribution in [1.29, 1.82) is 0 Å². The van der Waals surface area contributed by atoms with Crippen LogP contribution in [0.1, 0.15) is 38.1 Å². The van der Waals surface area contributed by atoms with E-state index in [-0.39, 0.29) is 24.0 Å². The van der Waals surface area contributed by atoms with Crippen LogP contribution in [0.15, 0.2) is 24.7 Å². The average Bonchev–Trinajstić information content (AvgIpc) is 3.07. The minimum absolute atomic E-state index is 0.0149. The number of aromatic nitrogens is 4. The fraction of sp³-hybridized carbons (Fsp3) is 0.400. The smallest absolute Gasteiger partial charge is 0.255 e. The number of hydrogen-bond acceptors (Lipinski definition) is 7. The van der Waals surface area contributed by atoms with Gasteiger partial charge in [-0.1, -0.05) is 0 Å². The molecule has 1 amide bonds. The summed E-state index contributed by atoms with van der Waals surface area (Å²) in [6, 6.07) is 1.62. The fourth-order valence-electron chi connectivity index (χ4n) is 2.82. The van der Waals surface area contributed by atoms with Gasteiger partial charge in [-0.3, -0.25) is 9.78 Å². The summed E-state index contributed by atoms with van der Waals surface area (Å²) in [7, 11) is 0. The molecule has 0 saturated heterocycles. The van der Waals surface area contributed by atoms with Crippen LogP contribution in [-0.4, -0.2) is 55.0 Å². The van der Waals surface area contributed by atoms with E-state index in [9.17, 15) is 18.7 Å². The molecule has 1 atom stereocenters. The first-order chi connectivity index (χ1) is 14.5. The Morgan fingerprint density at radius 2 is 2.06 bits per heavy atom. The van der Waals surface area contributed by atoms with E-state index in [4.69, 9.17) is 5.73 Å². The summed E-state index contributed by atoms with van der Waals surface area (Å²) in [6.45, 7) is 6.10. The third-order valence-corrected chi connectivity index (χ3v) is 4.55. The Hall–Kier alpha value is -3.34. The number of amides is 1. The molecular formula is C20H25F2N7O2. The number of alkyl halides is 1. The van der Waals surface area contributed by atoms with Gasteiger partial charge in [0, 0.05) is 12.2 Å². The molecule has 5 N–H and O–H groups in total. The highest BCUT2D eigenvalue weighted by molar-refractivity contribution is 6.00. The maximum absolute atomic E-state index is 14.0. The van der Waals surface area contributed by atoms with Crippen molar-refractivity contribution in [3.05, 3.63) is 36.0 Å². The molecule has 0 spiro atoms. The van der Waals surface area contributed by atoms with Gasteiger partial charge in [0.15, 0.2) is 17.3 Å². The van der Waals surface area contributed by atoms with E-state index in [0.717, 1.165) is 6.20 Å². The molecule has 3 aromatic heterocycles. The molecule has 1 unspecified atom stereocenters. The van der Waals surface area contributed by atoms with E-state index in [1.807, 2.05) is 13.8 Å². The lowest BCUT2D eigenvalue weighted by atomic mass is 10.0. The SMILES string of the molecule is CC(C)Nc1cc(-c2cnn3cc(F)c(N)nc23)ncc1C(=O)NCC(F)C(C)(C)O. The molecule has 0 aromatic carbocycles. The third-order valence-electron chi connectivity index (χ3n) is 4.55. The Bertz CT molecular complexity index is 1110. The van der Waals surface area contributed by atoms with Crippen LogP contribution in [0.4, 0.5) is 20.3 Å². The number of nitrogens with one attached hydrogen (secondary N) is 2. The molecule has 3 rings (SSSR count). The van der Waals surface area contributed by atoms with E-state index in [1.54, 1.807) is 6.07 Å². The highest BCUT2D eigenvalue weighted by Crippen LogP contribution is 2.27. The van der Waals surface area contributed by atoms with Gasteiger partial charge in [-0.05, 0) is 33.8 Å². The van der Waals surface area contributed by atoms with Gasteiger partial charge in [0.25, 0.3) is 5.91 Å². The maximum atomic E-state index is 14.0. The van der Waals surface area contributed by atoms with E-state index in [2.05, 4.69) is 25.7 Å². The first-order valence-corrected chi connectivity index (χ1v) is 9.68. The lowest BCUT2D eigenvalue weighted by molar-refractivity contribution is -0.00177. The Morgan fingerprint density at radius 1 is 1.35 bits per heavy atom. The maximum Gasteiger partial charge on any atom is 0.255 e. The van der Waals surface area contributed by atoms with Gasteiger partial charge < -0.3 is 21.5 Å². The summed E-state index contributed by atoms with van der Waals surface area (Å²) in [5.41, 5.74) is 5.91. The Balaban J connectivity index is 1.95. The molecule has 0 bridgehead atoms. The van der Waals surface area contributed by atoms with Crippen molar-refractivity contribution in [1.82, 2.24) is 24.9 Å². The molecule has 0 aliphatic rings. The topological polar surface area (TPSA) is 130 Å². The number of fused-ring (bicyclic) bond motifs is 1. The molecule has 0 saturated carbocycles. The summed E-state index contributed by atoms with van der Waals surface area (Å²) in [6.07, 6.45) is 2.30. The Morgan fingerprint density at radius 3 is 2.71 bits per heavy atom. The van der Waals surface area contributed by atoms with Crippen LogP contribution in [0.2, 0.25) is 0 Å². The van der Waals surface area contributed by atoms with E-state index >= 15 is 0 Å². The number of carbonyl (C=O) groups excluding carboxylic acids is 1. The fourth-order valence-corrected chi connectivity index (χ4v) is 2.82. The molecule has 0 aliphatic carbocycles. The van der Waals surface area contributed by atoms with Crippen molar-refractivity contribution in [2.75, 3.05) is 17.6 Å². The second-order valence-corrected chi connectivity index (χ2v) is 8.05. The molecule has 3 heterocycles. The number of halogens is 2. The van der Waals surface area contributed by atoms with Crippen molar-refractivity contribution in [2.24, 2.45) is 0 Å². The minimum Gasteiger partial charge on any atom is -0.387 e. The molecule has 0 radical (unpaired) electrons. The molecule has 31 heavy (non-hydrogen) atoms. The van der Waals surface area contributed by atoms with Crippen molar-refractivity contribution in [2.45, 2.75) is 45.5 Å². The van der Waals surface area contributed by atoms with Gasteiger partial charge >= 0.3 is 0 Å².